The molecule has 1 fully saturated rings. The Morgan fingerprint density at radius 3 is 2.75 bits per heavy atom. The number of amides is 2. The minimum absolute atomic E-state index is 0.0777. The van der Waals surface area contributed by atoms with E-state index in [1.54, 1.807) is 30.3 Å². The molecule has 0 aromatic heterocycles. The van der Waals surface area contributed by atoms with Crippen LogP contribution >= 0.6 is 0 Å². The molecule has 2 N–H and O–H groups in total. The van der Waals surface area contributed by atoms with Crippen LogP contribution in [0.3, 0.4) is 0 Å². The number of hydrogen-bond acceptors (Lipinski definition) is 3. The van der Waals surface area contributed by atoms with Gasteiger partial charge in [0, 0.05) is 24.2 Å². The third kappa shape index (κ3) is 2.99. The maximum atomic E-state index is 13.0. The van der Waals surface area contributed by atoms with Gasteiger partial charge in [0.25, 0.3) is 0 Å². The summed E-state index contributed by atoms with van der Waals surface area (Å²) in [6.45, 7) is 2.23. The van der Waals surface area contributed by atoms with Crippen molar-refractivity contribution in [1.82, 2.24) is 4.90 Å². The molecular weight excluding hydrogens is 350 g/mol. The minimum atomic E-state index is -0.175. The average molecular weight is 375 g/mol. The van der Waals surface area contributed by atoms with E-state index in [2.05, 4.69) is 18.3 Å². The van der Waals surface area contributed by atoms with Crippen LogP contribution in [0.5, 0.6) is 5.75 Å². The van der Waals surface area contributed by atoms with Crippen molar-refractivity contribution in [3.63, 3.8) is 0 Å². The van der Waals surface area contributed by atoms with E-state index in [1.807, 2.05) is 24.1 Å². The van der Waals surface area contributed by atoms with Gasteiger partial charge in [-0.25, -0.2) is 4.79 Å². The second-order valence-electron chi connectivity index (χ2n) is 8.29. The van der Waals surface area contributed by atoms with Gasteiger partial charge in [-0.05, 0) is 72.7 Å². The van der Waals surface area contributed by atoms with Gasteiger partial charge in [-0.15, -0.1) is 0 Å². The van der Waals surface area contributed by atoms with Crippen molar-refractivity contribution in [3.8, 4) is 11.8 Å². The number of urea groups is 1. The first-order valence-corrected chi connectivity index (χ1v) is 9.79. The number of nitrogens with one attached hydrogen (secondary N) is 1. The second kappa shape index (κ2) is 6.87. The molecule has 2 aromatic rings. The van der Waals surface area contributed by atoms with Crippen molar-refractivity contribution >= 4 is 11.7 Å². The van der Waals surface area contributed by atoms with E-state index in [0.717, 1.165) is 25.7 Å². The lowest BCUT2D eigenvalue weighted by Gasteiger charge is -2.54. The summed E-state index contributed by atoms with van der Waals surface area (Å²) in [4.78, 5) is 14.9. The first kappa shape index (κ1) is 18.4. The number of aromatic hydroxyl groups is 1. The van der Waals surface area contributed by atoms with Crippen molar-refractivity contribution in [2.45, 2.75) is 44.1 Å². The van der Waals surface area contributed by atoms with Crippen molar-refractivity contribution in [2.75, 3.05) is 12.4 Å². The first-order valence-electron chi connectivity index (χ1n) is 9.79. The molecule has 5 nitrogen and oxygen atoms in total. The molecule has 2 aromatic carbocycles. The predicted molar refractivity (Wildman–Crippen MR) is 108 cm³/mol. The molecule has 2 aliphatic rings. The maximum absolute atomic E-state index is 13.0. The monoisotopic (exact) mass is 375 g/mol. The summed E-state index contributed by atoms with van der Waals surface area (Å²) in [7, 11) is 1.87. The standard InChI is InChI=1S/C23H25N3O2/c1-23-11-3-4-17(12-16-7-10-19(27)13-20(16)23)21(23)26(2)22(28)25-18-8-5-15(14-24)6-9-18/h5-10,13,17,21,27H,3-4,11-12H2,1-2H3,(H,25,28)/t17?,21-,23+/m0/s1. The number of carbonyl (C=O) groups is 1. The van der Waals surface area contributed by atoms with E-state index in [-0.39, 0.29) is 23.2 Å². The van der Waals surface area contributed by atoms with Crippen molar-refractivity contribution in [1.29, 1.82) is 5.26 Å². The van der Waals surface area contributed by atoms with Crippen molar-refractivity contribution in [2.24, 2.45) is 5.92 Å². The number of phenolic OH excluding ortho intramolecular Hbond substituents is 1. The quantitative estimate of drug-likeness (QED) is 0.816. The fraction of sp³-hybridized carbons (Fsp3) is 0.391. The summed E-state index contributed by atoms with van der Waals surface area (Å²) in [5, 5.41) is 21.9. The molecule has 5 heteroatoms. The Morgan fingerprint density at radius 1 is 1.29 bits per heavy atom. The summed E-state index contributed by atoms with van der Waals surface area (Å²) in [5.74, 6) is 0.694. The number of likely N-dealkylation sites (N-methyl/N-ethyl adjacent to an activating group) is 1. The molecule has 0 heterocycles. The predicted octanol–water partition coefficient (Wildman–Crippen LogP) is 4.41. The normalized spacial score (nSPS) is 25.3. The number of phenols is 1. The summed E-state index contributed by atoms with van der Waals surface area (Å²) in [6, 6.07) is 14.6. The largest absolute Gasteiger partial charge is 0.508 e. The highest BCUT2D eigenvalue weighted by molar-refractivity contribution is 5.89. The maximum Gasteiger partial charge on any atom is 0.321 e. The van der Waals surface area contributed by atoms with Crippen LogP contribution in [0.1, 0.15) is 42.9 Å². The van der Waals surface area contributed by atoms with Crippen LogP contribution in [-0.4, -0.2) is 29.1 Å². The molecule has 28 heavy (non-hydrogen) atoms. The molecule has 0 radical (unpaired) electrons. The highest BCUT2D eigenvalue weighted by Gasteiger charge is 2.50. The molecule has 144 valence electrons. The SMILES string of the molecule is CN(C(=O)Nc1ccc(C#N)cc1)[C@H]1C2CCC[C@]1(C)c1cc(O)ccc1C2. The Kier molecular flexibility index (Phi) is 4.50. The van der Waals surface area contributed by atoms with E-state index in [0.29, 0.717) is 17.2 Å². The summed E-state index contributed by atoms with van der Waals surface area (Å²) < 4.78 is 0. The minimum Gasteiger partial charge on any atom is -0.508 e. The van der Waals surface area contributed by atoms with Gasteiger partial charge in [-0.1, -0.05) is 19.4 Å². The second-order valence-corrected chi connectivity index (χ2v) is 8.29. The van der Waals surface area contributed by atoms with Crippen LogP contribution in [0.4, 0.5) is 10.5 Å². The van der Waals surface area contributed by atoms with E-state index in [1.165, 1.54) is 11.1 Å². The Hall–Kier alpha value is -3.00. The topological polar surface area (TPSA) is 76.4 Å². The third-order valence-electron chi connectivity index (χ3n) is 6.56. The number of fused-ring (bicyclic) bond motifs is 4. The Bertz CT molecular complexity index is 947. The Morgan fingerprint density at radius 2 is 2.04 bits per heavy atom. The first-order chi connectivity index (χ1) is 13.4. The van der Waals surface area contributed by atoms with Crippen LogP contribution in [0, 0.1) is 17.2 Å². The van der Waals surface area contributed by atoms with Crippen molar-refractivity contribution < 1.29 is 9.90 Å². The highest BCUT2D eigenvalue weighted by Crippen LogP contribution is 2.51. The van der Waals surface area contributed by atoms with Gasteiger partial charge in [0.1, 0.15) is 5.75 Å². The van der Waals surface area contributed by atoms with E-state index >= 15 is 0 Å². The lowest BCUT2D eigenvalue weighted by molar-refractivity contribution is 0.0696. The van der Waals surface area contributed by atoms with Gasteiger partial charge < -0.3 is 15.3 Å². The molecule has 0 spiro atoms. The Labute approximate surface area is 165 Å². The van der Waals surface area contributed by atoms with Crippen LogP contribution in [0.2, 0.25) is 0 Å². The van der Waals surface area contributed by atoms with Gasteiger partial charge in [-0.2, -0.15) is 5.26 Å². The molecule has 1 unspecified atom stereocenters. The van der Waals surface area contributed by atoms with Crippen molar-refractivity contribution in [3.05, 3.63) is 59.2 Å². The van der Waals surface area contributed by atoms with E-state index < -0.39 is 0 Å². The van der Waals surface area contributed by atoms with Gasteiger partial charge >= 0.3 is 6.03 Å². The van der Waals surface area contributed by atoms with Crippen LogP contribution in [-0.2, 0) is 11.8 Å². The van der Waals surface area contributed by atoms with Gasteiger partial charge in [0.05, 0.1) is 11.6 Å². The highest BCUT2D eigenvalue weighted by atomic mass is 16.3. The van der Waals surface area contributed by atoms with E-state index in [4.69, 9.17) is 5.26 Å². The number of hydrogen-bond donors (Lipinski definition) is 2. The zero-order chi connectivity index (χ0) is 19.9. The lowest BCUT2D eigenvalue weighted by Crippen LogP contribution is -2.59. The number of nitriles is 1. The van der Waals surface area contributed by atoms with Crippen LogP contribution in [0.25, 0.3) is 0 Å². The number of nitrogens with zero attached hydrogens (tertiary/aromatic N) is 2. The molecule has 2 bridgehead atoms. The molecule has 2 aliphatic carbocycles. The summed E-state index contributed by atoms with van der Waals surface area (Å²) >= 11 is 0. The lowest BCUT2D eigenvalue weighted by atomic mass is 9.57. The third-order valence-corrected chi connectivity index (χ3v) is 6.56. The number of rotatable bonds is 2. The zero-order valence-corrected chi connectivity index (χ0v) is 16.3. The molecule has 0 saturated heterocycles. The summed E-state index contributed by atoms with van der Waals surface area (Å²) in [6.07, 6.45) is 4.18. The van der Waals surface area contributed by atoms with Gasteiger partial charge in [-0.3, -0.25) is 0 Å². The molecular formula is C23H25N3O2. The average Bonchev–Trinajstić information content (AvgIpc) is 2.68. The molecule has 0 aliphatic heterocycles. The molecule has 2 amide bonds. The zero-order valence-electron chi connectivity index (χ0n) is 16.3. The Balaban J connectivity index is 1.62. The van der Waals surface area contributed by atoms with Gasteiger partial charge in [0.15, 0.2) is 0 Å². The molecule has 1 saturated carbocycles. The smallest absolute Gasteiger partial charge is 0.321 e. The fourth-order valence-corrected chi connectivity index (χ4v) is 5.33. The fourth-order valence-electron chi connectivity index (χ4n) is 5.33. The van der Waals surface area contributed by atoms with Gasteiger partial charge in [0.2, 0.25) is 0 Å². The van der Waals surface area contributed by atoms with Crippen LogP contribution in [0.15, 0.2) is 42.5 Å². The summed E-state index contributed by atoms with van der Waals surface area (Å²) in [5.41, 5.74) is 3.54. The molecule has 4 rings (SSSR count). The number of anilines is 1. The van der Waals surface area contributed by atoms with E-state index in [9.17, 15) is 9.90 Å². The number of carbonyl (C=O) groups excluding carboxylic acids is 1. The van der Waals surface area contributed by atoms with Crippen LogP contribution < -0.4 is 5.32 Å². The number of benzene rings is 2. The molecule has 3 atom stereocenters.